The molecule has 0 saturated heterocycles. The van der Waals surface area contributed by atoms with Gasteiger partial charge in [-0.3, -0.25) is 15.4 Å². The molecular formula is C14H20N4O2. The van der Waals surface area contributed by atoms with E-state index in [1.807, 2.05) is 6.92 Å². The van der Waals surface area contributed by atoms with Crippen LogP contribution in [0.3, 0.4) is 0 Å². The van der Waals surface area contributed by atoms with Crippen LogP contribution < -0.4 is 21.9 Å². The Morgan fingerprint density at radius 1 is 1.25 bits per heavy atom. The third kappa shape index (κ3) is 3.71. The molecule has 0 spiro atoms. The second-order valence-electron chi connectivity index (χ2n) is 5.00. The third-order valence-electron chi connectivity index (χ3n) is 3.30. The molecule has 0 radical (unpaired) electrons. The summed E-state index contributed by atoms with van der Waals surface area (Å²) in [6.07, 6.45) is 1.97. The average molecular weight is 276 g/mol. The molecule has 1 fully saturated rings. The molecule has 0 aromatic heterocycles. The first kappa shape index (κ1) is 14.3. The lowest BCUT2D eigenvalue weighted by Crippen LogP contribution is -2.35. The number of anilines is 1. The number of carbonyl (C=O) groups excluding carboxylic acids is 2. The van der Waals surface area contributed by atoms with E-state index >= 15 is 0 Å². The van der Waals surface area contributed by atoms with Crippen LogP contribution in [0.15, 0.2) is 18.2 Å². The minimum atomic E-state index is -0.155. The van der Waals surface area contributed by atoms with Crippen LogP contribution in [0.25, 0.3) is 0 Å². The summed E-state index contributed by atoms with van der Waals surface area (Å²) < 4.78 is 0. The summed E-state index contributed by atoms with van der Waals surface area (Å²) in [5.41, 5.74) is 4.84. The lowest BCUT2D eigenvalue weighted by molar-refractivity contribution is -0.122. The first-order valence-electron chi connectivity index (χ1n) is 6.75. The Kier molecular flexibility index (Phi) is 4.57. The number of benzene rings is 1. The van der Waals surface area contributed by atoms with Gasteiger partial charge < -0.3 is 16.1 Å². The Labute approximate surface area is 118 Å². The maximum absolute atomic E-state index is 11.9. The van der Waals surface area contributed by atoms with Gasteiger partial charge >= 0.3 is 0 Å². The molecule has 1 aromatic carbocycles. The number of nitrogens with two attached hydrogens (primary N) is 1. The minimum Gasteiger partial charge on any atom is -0.354 e. The summed E-state index contributed by atoms with van der Waals surface area (Å²) in [4.78, 5) is 23.3. The van der Waals surface area contributed by atoms with Crippen molar-refractivity contribution in [3.05, 3.63) is 29.3 Å². The highest BCUT2D eigenvalue weighted by molar-refractivity contribution is 5.94. The zero-order valence-corrected chi connectivity index (χ0v) is 11.5. The molecule has 0 aliphatic heterocycles. The number of nitrogens with one attached hydrogen (secondary N) is 3. The van der Waals surface area contributed by atoms with Gasteiger partial charge in [0, 0.05) is 24.6 Å². The van der Waals surface area contributed by atoms with Gasteiger partial charge in [-0.05, 0) is 43.5 Å². The van der Waals surface area contributed by atoms with Crippen molar-refractivity contribution >= 4 is 17.5 Å². The smallest absolute Gasteiger partial charge is 0.251 e. The van der Waals surface area contributed by atoms with E-state index in [0.717, 1.165) is 24.1 Å². The molecule has 6 nitrogen and oxygen atoms in total. The highest BCUT2D eigenvalue weighted by Gasteiger charge is 2.28. The SMILES string of the molecule is Cc1cc(C(=O)NCCNC(=O)C2CC2)ccc1NN. The van der Waals surface area contributed by atoms with E-state index in [2.05, 4.69) is 16.1 Å². The molecule has 20 heavy (non-hydrogen) atoms. The normalized spacial score (nSPS) is 13.7. The lowest BCUT2D eigenvalue weighted by atomic mass is 10.1. The quantitative estimate of drug-likeness (QED) is 0.346. The van der Waals surface area contributed by atoms with Crippen LogP contribution in [0.2, 0.25) is 0 Å². The van der Waals surface area contributed by atoms with Crippen molar-refractivity contribution in [3.8, 4) is 0 Å². The van der Waals surface area contributed by atoms with Crippen LogP contribution in [-0.2, 0) is 4.79 Å². The Morgan fingerprint density at radius 2 is 1.95 bits per heavy atom. The number of hydrazine groups is 1. The number of rotatable bonds is 6. The summed E-state index contributed by atoms with van der Waals surface area (Å²) >= 11 is 0. The Hall–Kier alpha value is -2.08. The van der Waals surface area contributed by atoms with E-state index in [0.29, 0.717) is 18.7 Å². The minimum absolute atomic E-state index is 0.0912. The zero-order valence-electron chi connectivity index (χ0n) is 11.5. The van der Waals surface area contributed by atoms with Crippen molar-refractivity contribution in [3.63, 3.8) is 0 Å². The molecule has 2 rings (SSSR count). The summed E-state index contributed by atoms with van der Waals surface area (Å²) in [6.45, 7) is 2.76. The second kappa shape index (κ2) is 6.38. The molecule has 1 aromatic rings. The zero-order chi connectivity index (χ0) is 14.5. The molecule has 1 aliphatic rings. The first-order chi connectivity index (χ1) is 9.61. The van der Waals surface area contributed by atoms with Crippen molar-refractivity contribution in [2.45, 2.75) is 19.8 Å². The fourth-order valence-electron chi connectivity index (χ4n) is 1.92. The van der Waals surface area contributed by atoms with Gasteiger partial charge in [-0.1, -0.05) is 0 Å². The summed E-state index contributed by atoms with van der Waals surface area (Å²) in [7, 11) is 0. The topological polar surface area (TPSA) is 96.2 Å². The molecule has 0 unspecified atom stereocenters. The van der Waals surface area contributed by atoms with Gasteiger partial charge in [-0.25, -0.2) is 0 Å². The number of carbonyl (C=O) groups is 2. The van der Waals surface area contributed by atoms with Crippen molar-refractivity contribution in [1.29, 1.82) is 0 Å². The molecule has 0 atom stereocenters. The van der Waals surface area contributed by atoms with Crippen LogP contribution in [0.1, 0.15) is 28.8 Å². The average Bonchev–Trinajstić information content (AvgIpc) is 3.27. The first-order valence-corrected chi connectivity index (χ1v) is 6.75. The Morgan fingerprint density at radius 3 is 2.55 bits per heavy atom. The van der Waals surface area contributed by atoms with Gasteiger partial charge in [0.2, 0.25) is 5.91 Å². The molecule has 1 aliphatic carbocycles. The van der Waals surface area contributed by atoms with E-state index in [-0.39, 0.29) is 17.7 Å². The fourth-order valence-corrected chi connectivity index (χ4v) is 1.92. The van der Waals surface area contributed by atoms with Gasteiger partial charge in [0.1, 0.15) is 0 Å². The largest absolute Gasteiger partial charge is 0.354 e. The Balaban J connectivity index is 1.76. The highest BCUT2D eigenvalue weighted by atomic mass is 16.2. The molecule has 0 bridgehead atoms. The van der Waals surface area contributed by atoms with Crippen LogP contribution in [0, 0.1) is 12.8 Å². The van der Waals surface area contributed by atoms with E-state index < -0.39 is 0 Å². The van der Waals surface area contributed by atoms with Crippen LogP contribution in [0.5, 0.6) is 0 Å². The predicted octanol–water partition coefficient (Wildman–Crippen LogP) is 0.537. The Bertz CT molecular complexity index is 512. The van der Waals surface area contributed by atoms with E-state index in [4.69, 9.17) is 5.84 Å². The third-order valence-corrected chi connectivity index (χ3v) is 3.30. The van der Waals surface area contributed by atoms with E-state index in [9.17, 15) is 9.59 Å². The van der Waals surface area contributed by atoms with Gasteiger partial charge in [0.05, 0.1) is 5.69 Å². The van der Waals surface area contributed by atoms with Crippen molar-refractivity contribution in [2.24, 2.45) is 11.8 Å². The van der Waals surface area contributed by atoms with E-state index in [1.165, 1.54) is 0 Å². The fraction of sp³-hybridized carbons (Fsp3) is 0.429. The highest BCUT2D eigenvalue weighted by Crippen LogP contribution is 2.28. The predicted molar refractivity (Wildman–Crippen MR) is 77.1 cm³/mol. The summed E-state index contributed by atoms with van der Waals surface area (Å²) in [5.74, 6) is 5.48. The van der Waals surface area contributed by atoms with E-state index in [1.54, 1.807) is 18.2 Å². The van der Waals surface area contributed by atoms with Crippen molar-refractivity contribution in [2.75, 3.05) is 18.5 Å². The molecule has 108 valence electrons. The van der Waals surface area contributed by atoms with Crippen molar-refractivity contribution in [1.82, 2.24) is 10.6 Å². The van der Waals surface area contributed by atoms with Crippen molar-refractivity contribution < 1.29 is 9.59 Å². The number of nitrogen functional groups attached to an aromatic ring is 1. The second-order valence-corrected chi connectivity index (χ2v) is 5.00. The summed E-state index contributed by atoms with van der Waals surface area (Å²) in [5, 5.41) is 5.57. The summed E-state index contributed by atoms with van der Waals surface area (Å²) in [6, 6.07) is 5.24. The molecule has 0 heterocycles. The van der Waals surface area contributed by atoms with Gasteiger partial charge in [-0.2, -0.15) is 0 Å². The van der Waals surface area contributed by atoms with Crippen LogP contribution in [0.4, 0.5) is 5.69 Å². The standard InChI is InChI=1S/C14H20N4O2/c1-9-8-11(4-5-12(9)18-15)14(20)17-7-6-16-13(19)10-2-3-10/h4-5,8,10,18H,2-3,6-7,15H2,1H3,(H,16,19)(H,17,20). The molecule has 6 heteroatoms. The number of amides is 2. The molecule has 5 N–H and O–H groups in total. The van der Waals surface area contributed by atoms with Crippen LogP contribution in [-0.4, -0.2) is 24.9 Å². The molecule has 2 amide bonds. The number of hydrogen-bond donors (Lipinski definition) is 4. The monoisotopic (exact) mass is 276 g/mol. The lowest BCUT2D eigenvalue weighted by Gasteiger charge is -2.09. The van der Waals surface area contributed by atoms with Crippen LogP contribution >= 0.6 is 0 Å². The number of hydrogen-bond acceptors (Lipinski definition) is 4. The maximum atomic E-state index is 11.9. The van der Waals surface area contributed by atoms with Gasteiger partial charge in [-0.15, -0.1) is 0 Å². The van der Waals surface area contributed by atoms with Gasteiger partial charge in [0.25, 0.3) is 5.91 Å². The molecular weight excluding hydrogens is 256 g/mol. The molecule has 1 saturated carbocycles. The number of aryl methyl sites for hydroxylation is 1. The maximum Gasteiger partial charge on any atom is 0.251 e. The van der Waals surface area contributed by atoms with Gasteiger partial charge in [0.15, 0.2) is 0 Å².